The summed E-state index contributed by atoms with van der Waals surface area (Å²) >= 11 is 0. The first-order valence-corrected chi connectivity index (χ1v) is 5.78. The fourth-order valence-electron chi connectivity index (χ4n) is 1.55. The van der Waals surface area contributed by atoms with Gasteiger partial charge in [-0.2, -0.15) is 0 Å². The lowest BCUT2D eigenvalue weighted by molar-refractivity contribution is -0.130. The molecule has 0 aliphatic carbocycles. The van der Waals surface area contributed by atoms with Crippen LogP contribution >= 0.6 is 0 Å². The molecule has 1 amide bonds. The van der Waals surface area contributed by atoms with Crippen molar-refractivity contribution in [2.24, 2.45) is 0 Å². The molecule has 0 aliphatic heterocycles. The van der Waals surface area contributed by atoms with Crippen molar-refractivity contribution in [2.75, 3.05) is 19.6 Å². The van der Waals surface area contributed by atoms with Gasteiger partial charge in [0.1, 0.15) is 5.76 Å². The molecular weight excluding hydrogens is 204 g/mol. The lowest BCUT2D eigenvalue weighted by Gasteiger charge is -2.18. The summed E-state index contributed by atoms with van der Waals surface area (Å²) in [4.78, 5) is 13.5. The van der Waals surface area contributed by atoms with E-state index in [1.807, 2.05) is 30.9 Å². The van der Waals surface area contributed by atoms with E-state index < -0.39 is 0 Å². The lowest BCUT2D eigenvalue weighted by Crippen LogP contribution is -2.32. The average molecular weight is 224 g/mol. The quantitative estimate of drug-likeness (QED) is 0.716. The normalized spacial score (nSPS) is 10.4. The number of hydrogen-bond acceptors (Lipinski definition) is 3. The summed E-state index contributed by atoms with van der Waals surface area (Å²) in [5.41, 5.74) is 0. The fourth-order valence-corrected chi connectivity index (χ4v) is 1.55. The van der Waals surface area contributed by atoms with Crippen molar-refractivity contribution in [1.82, 2.24) is 10.2 Å². The molecule has 1 N–H and O–H groups in total. The molecule has 1 heterocycles. The lowest BCUT2D eigenvalue weighted by atomic mass is 10.3. The summed E-state index contributed by atoms with van der Waals surface area (Å²) in [6.07, 6.45) is 2.19. The zero-order chi connectivity index (χ0) is 11.8. The highest BCUT2D eigenvalue weighted by Crippen LogP contribution is 1.99. The van der Waals surface area contributed by atoms with Crippen LogP contribution in [0.1, 0.15) is 26.0 Å². The molecule has 0 bridgehead atoms. The smallest absolute Gasteiger partial charge is 0.223 e. The van der Waals surface area contributed by atoms with Crippen molar-refractivity contribution in [3.8, 4) is 0 Å². The third-order valence-electron chi connectivity index (χ3n) is 2.51. The first-order chi connectivity index (χ1) is 7.77. The molecule has 0 fully saturated rings. The van der Waals surface area contributed by atoms with Crippen molar-refractivity contribution >= 4 is 5.91 Å². The monoisotopic (exact) mass is 224 g/mol. The molecule has 1 aromatic rings. The molecule has 16 heavy (non-hydrogen) atoms. The molecule has 90 valence electrons. The van der Waals surface area contributed by atoms with Gasteiger partial charge in [-0.25, -0.2) is 0 Å². The highest BCUT2D eigenvalue weighted by atomic mass is 16.3. The number of rotatable bonds is 7. The van der Waals surface area contributed by atoms with Gasteiger partial charge in [0.15, 0.2) is 0 Å². The SMILES string of the molecule is CCN(CC)C(=O)CCNCc1ccco1. The molecule has 0 unspecified atom stereocenters. The molecule has 4 nitrogen and oxygen atoms in total. The van der Waals surface area contributed by atoms with Gasteiger partial charge in [0, 0.05) is 26.1 Å². The average Bonchev–Trinajstić information content (AvgIpc) is 2.79. The maximum absolute atomic E-state index is 11.6. The summed E-state index contributed by atoms with van der Waals surface area (Å²) < 4.78 is 5.17. The van der Waals surface area contributed by atoms with Gasteiger partial charge in [0.2, 0.25) is 5.91 Å². The summed E-state index contributed by atoms with van der Waals surface area (Å²) in [5.74, 6) is 1.10. The Morgan fingerprint density at radius 1 is 1.44 bits per heavy atom. The molecule has 0 atom stereocenters. The van der Waals surface area contributed by atoms with Crippen LogP contribution < -0.4 is 5.32 Å². The van der Waals surface area contributed by atoms with Crippen molar-refractivity contribution in [3.05, 3.63) is 24.2 Å². The van der Waals surface area contributed by atoms with Gasteiger partial charge in [-0.3, -0.25) is 4.79 Å². The molecule has 0 aliphatic rings. The number of carbonyl (C=O) groups is 1. The van der Waals surface area contributed by atoms with Gasteiger partial charge in [0.05, 0.1) is 12.8 Å². The Kier molecular flexibility index (Phi) is 5.64. The summed E-state index contributed by atoms with van der Waals surface area (Å²) in [6.45, 7) is 6.94. The van der Waals surface area contributed by atoms with E-state index in [-0.39, 0.29) is 5.91 Å². The molecule has 0 spiro atoms. The molecule has 0 saturated carbocycles. The van der Waals surface area contributed by atoms with Crippen LogP contribution in [-0.2, 0) is 11.3 Å². The van der Waals surface area contributed by atoms with Crippen LogP contribution in [0.25, 0.3) is 0 Å². The maximum atomic E-state index is 11.6. The van der Waals surface area contributed by atoms with E-state index in [0.717, 1.165) is 18.8 Å². The largest absolute Gasteiger partial charge is 0.468 e. The number of hydrogen-bond donors (Lipinski definition) is 1. The number of carbonyl (C=O) groups excluding carboxylic acids is 1. The van der Waals surface area contributed by atoms with Crippen molar-refractivity contribution in [1.29, 1.82) is 0 Å². The maximum Gasteiger partial charge on any atom is 0.223 e. The van der Waals surface area contributed by atoms with Gasteiger partial charge in [-0.05, 0) is 26.0 Å². The minimum atomic E-state index is 0.206. The summed E-state index contributed by atoms with van der Waals surface area (Å²) in [5, 5.41) is 3.18. The second kappa shape index (κ2) is 7.06. The van der Waals surface area contributed by atoms with Crippen LogP contribution in [0, 0.1) is 0 Å². The van der Waals surface area contributed by atoms with Crippen LogP contribution in [-0.4, -0.2) is 30.4 Å². The van der Waals surface area contributed by atoms with E-state index in [0.29, 0.717) is 19.5 Å². The van der Waals surface area contributed by atoms with E-state index >= 15 is 0 Å². The van der Waals surface area contributed by atoms with Crippen molar-refractivity contribution < 1.29 is 9.21 Å². The predicted octanol–water partition coefficient (Wildman–Crippen LogP) is 1.63. The Hall–Kier alpha value is -1.29. The van der Waals surface area contributed by atoms with E-state index in [1.54, 1.807) is 6.26 Å². The molecule has 1 rings (SSSR count). The van der Waals surface area contributed by atoms with Crippen LogP contribution in [0.4, 0.5) is 0 Å². The minimum absolute atomic E-state index is 0.206. The van der Waals surface area contributed by atoms with Crippen molar-refractivity contribution in [2.45, 2.75) is 26.8 Å². The fraction of sp³-hybridized carbons (Fsp3) is 0.583. The van der Waals surface area contributed by atoms with E-state index in [4.69, 9.17) is 4.42 Å². The van der Waals surface area contributed by atoms with Gasteiger partial charge >= 0.3 is 0 Å². The number of nitrogens with one attached hydrogen (secondary N) is 1. The Morgan fingerprint density at radius 2 is 2.19 bits per heavy atom. The number of amides is 1. The van der Waals surface area contributed by atoms with Crippen LogP contribution in [0.2, 0.25) is 0 Å². The zero-order valence-corrected chi connectivity index (χ0v) is 10.0. The molecule has 0 radical (unpaired) electrons. The highest BCUT2D eigenvalue weighted by Gasteiger charge is 2.08. The minimum Gasteiger partial charge on any atom is -0.468 e. The molecular formula is C12H20N2O2. The summed E-state index contributed by atoms with van der Waals surface area (Å²) in [6, 6.07) is 3.78. The number of nitrogens with zero attached hydrogens (tertiary/aromatic N) is 1. The Morgan fingerprint density at radius 3 is 2.75 bits per heavy atom. The third-order valence-corrected chi connectivity index (χ3v) is 2.51. The molecule has 0 aromatic carbocycles. The van der Waals surface area contributed by atoms with Crippen LogP contribution in [0.3, 0.4) is 0 Å². The van der Waals surface area contributed by atoms with E-state index in [1.165, 1.54) is 0 Å². The molecule has 0 saturated heterocycles. The van der Waals surface area contributed by atoms with E-state index in [9.17, 15) is 4.79 Å². The van der Waals surface area contributed by atoms with Gasteiger partial charge < -0.3 is 14.6 Å². The Bertz CT molecular complexity index is 292. The van der Waals surface area contributed by atoms with Crippen LogP contribution in [0.15, 0.2) is 22.8 Å². The Labute approximate surface area is 96.6 Å². The molecule has 1 aromatic heterocycles. The Balaban J connectivity index is 2.13. The highest BCUT2D eigenvalue weighted by molar-refractivity contribution is 5.76. The van der Waals surface area contributed by atoms with Crippen LogP contribution in [0.5, 0.6) is 0 Å². The van der Waals surface area contributed by atoms with Gasteiger partial charge in [-0.1, -0.05) is 0 Å². The van der Waals surface area contributed by atoms with Crippen molar-refractivity contribution in [3.63, 3.8) is 0 Å². The van der Waals surface area contributed by atoms with Gasteiger partial charge in [0.25, 0.3) is 0 Å². The second-order valence-electron chi connectivity index (χ2n) is 3.57. The first kappa shape index (κ1) is 12.8. The van der Waals surface area contributed by atoms with Gasteiger partial charge in [-0.15, -0.1) is 0 Å². The first-order valence-electron chi connectivity index (χ1n) is 5.78. The summed E-state index contributed by atoms with van der Waals surface area (Å²) in [7, 11) is 0. The standard InChI is InChI=1S/C12H20N2O2/c1-3-14(4-2)12(15)7-8-13-10-11-6-5-9-16-11/h5-6,9,13H,3-4,7-8,10H2,1-2H3. The second-order valence-corrected chi connectivity index (χ2v) is 3.57. The molecule has 4 heteroatoms. The predicted molar refractivity (Wildman–Crippen MR) is 63.0 cm³/mol. The third kappa shape index (κ3) is 4.06. The van der Waals surface area contributed by atoms with E-state index in [2.05, 4.69) is 5.32 Å². The number of furan rings is 1. The zero-order valence-electron chi connectivity index (χ0n) is 10.0. The topological polar surface area (TPSA) is 45.5 Å².